The highest BCUT2D eigenvalue weighted by atomic mass is 19.3. The van der Waals surface area contributed by atoms with Gasteiger partial charge in [-0.05, 0) is 209 Å². The molecule has 16 heterocycles. The molecule has 0 spiro atoms. The quantitative estimate of drug-likeness (QED) is 0.0577. The summed E-state index contributed by atoms with van der Waals surface area (Å²) in [5, 5.41) is 10.0. The molecule has 27 heteroatoms. The number of rotatable bonds is 23. The first-order chi connectivity index (χ1) is 65.1. The van der Waals surface area contributed by atoms with Crippen LogP contribution in [0.4, 0.5) is 37.9 Å². The normalized spacial score (nSPS) is 18.3. The van der Waals surface area contributed by atoms with Crippen LogP contribution in [0, 0.1) is 11.3 Å². The molecule has 0 saturated carbocycles. The number of halogens is 2. The molecule has 12 aromatic rings. The zero-order valence-corrected chi connectivity index (χ0v) is 76.4. The average molecular weight is 1790 g/mol. The molecule has 4 fully saturated rings. The second kappa shape index (κ2) is 40.7. The summed E-state index contributed by atoms with van der Waals surface area (Å²) in [6, 6.07) is 63.9. The number of methoxy groups -OCH3 is 2. The molecule has 10 aliphatic rings. The van der Waals surface area contributed by atoms with Crippen LogP contribution in [-0.2, 0) is 60.7 Å². The Balaban J connectivity index is 0.000000112. The van der Waals surface area contributed by atoms with Crippen molar-refractivity contribution in [1.29, 1.82) is 5.26 Å². The van der Waals surface area contributed by atoms with E-state index >= 15 is 0 Å². The first-order valence-corrected chi connectivity index (χ1v) is 46.2. The van der Waals surface area contributed by atoms with E-state index in [4.69, 9.17) is 53.1 Å². The first kappa shape index (κ1) is 89.5. The molecular weight excluding hydrogens is 1680 g/mol. The van der Waals surface area contributed by atoms with Gasteiger partial charge in [0.15, 0.2) is 0 Å². The molecule has 4 saturated heterocycles. The summed E-state index contributed by atoms with van der Waals surface area (Å²) in [7, 11) is 3.55. The minimum Gasteiger partial charge on any atom is -0.494 e. The maximum atomic E-state index is 13.5. The number of ether oxygens (including phenoxy) is 7. The van der Waals surface area contributed by atoms with E-state index in [0.717, 1.165) is 233 Å². The molecule has 1 unspecified atom stereocenters. The average Bonchev–Trinajstić information content (AvgIpc) is 1.65. The summed E-state index contributed by atoms with van der Waals surface area (Å²) in [4.78, 5) is 61.5. The highest BCUT2D eigenvalue weighted by molar-refractivity contribution is 6.18. The lowest BCUT2D eigenvalue weighted by atomic mass is 9.81. The zero-order valence-electron chi connectivity index (χ0n) is 76.4. The Labute approximate surface area is 775 Å². The maximum absolute atomic E-state index is 13.5. The molecule has 0 N–H and O–H groups in total. The Hall–Kier alpha value is -14.1. The van der Waals surface area contributed by atoms with Crippen LogP contribution in [0.2, 0.25) is 0 Å². The van der Waals surface area contributed by atoms with Crippen LogP contribution < -0.4 is 48.2 Å². The van der Waals surface area contributed by atoms with Crippen LogP contribution in [-0.4, -0.2) is 187 Å². The van der Waals surface area contributed by atoms with Gasteiger partial charge in [-0.3, -0.25) is 25.0 Å². The summed E-state index contributed by atoms with van der Waals surface area (Å²) in [6.45, 7) is 24.5. The van der Waals surface area contributed by atoms with E-state index in [0.29, 0.717) is 77.2 Å². The fourth-order valence-corrected chi connectivity index (χ4v) is 18.7. The van der Waals surface area contributed by atoms with Crippen LogP contribution in [0.25, 0.3) is 0 Å². The summed E-state index contributed by atoms with van der Waals surface area (Å²) in [6.07, 6.45) is 16.4. The van der Waals surface area contributed by atoms with Gasteiger partial charge in [0, 0.05) is 179 Å². The third-order valence-corrected chi connectivity index (χ3v) is 25.7. The Kier molecular flexibility index (Phi) is 27.4. The Morgan fingerprint density at radius 3 is 1.02 bits per heavy atom. The Morgan fingerprint density at radius 1 is 0.361 bits per heavy atom. The zero-order chi connectivity index (χ0) is 91.4. The Bertz CT molecular complexity index is 6280. The van der Waals surface area contributed by atoms with E-state index < -0.39 is 11.3 Å². The number of aromatic nitrogens is 7. The van der Waals surface area contributed by atoms with Gasteiger partial charge in [-0.1, -0.05) is 60.7 Å². The van der Waals surface area contributed by atoms with E-state index in [2.05, 4.69) is 150 Å². The molecule has 10 aliphatic heterocycles. The molecule has 0 bridgehead atoms. The SMILES string of the molecule is CCOc1ccc2c(c1)C(c1ccnc(N3CCC(C#N)(c4ccccc4)C3)c1)=NC2.CCOc1ccc2c(c1)C(c1ccnc(N3CCC(F)(F)C3)c1)=NC2.CCOc1ccc2c(c1)C(c1ccnc(N3CC[C@@H](OC)C3)c1)=NC2.CCOc1ccc2c(c1)C(c1ccnc(N3CC[C@H](OC)C3)c1)=NC2.CCOc1ccc2c(c1)C(c1ccnc(N3CCn4ccnc4C3)c1)=NC2. The summed E-state index contributed by atoms with van der Waals surface area (Å²) in [5.74, 6) is 7.23. The fraction of sp³-hybridized carbons (Fsp3) is 0.340. The van der Waals surface area contributed by atoms with Crippen molar-refractivity contribution >= 4 is 57.6 Å². The lowest BCUT2D eigenvalue weighted by Crippen LogP contribution is -2.34. The monoisotopic (exact) mass is 1780 g/mol. The van der Waals surface area contributed by atoms with Gasteiger partial charge in [-0.15, -0.1) is 0 Å². The molecule has 0 aliphatic carbocycles. The van der Waals surface area contributed by atoms with Gasteiger partial charge in [-0.25, -0.2) is 38.7 Å². The molecule has 22 rings (SSSR count). The highest BCUT2D eigenvalue weighted by Gasteiger charge is 2.42. The number of imidazole rings is 1. The minimum atomic E-state index is -2.64. The van der Waals surface area contributed by atoms with Crippen molar-refractivity contribution in [2.24, 2.45) is 25.0 Å². The van der Waals surface area contributed by atoms with Crippen LogP contribution in [0.15, 0.2) is 250 Å². The molecule has 3 atom stereocenters. The fourth-order valence-electron chi connectivity index (χ4n) is 18.7. The largest absolute Gasteiger partial charge is 0.494 e. The standard InChI is InChI=1S/C26H24N4O.C21H21N5O.2C20H23N3O2.C19H19F2N3O/c1-2-31-22-9-8-20-16-29-25(23(20)15-22)19-10-12-28-24(14-19)30-13-11-26(17-27,18-30)21-6-4-3-5-7-21;1-2-27-17-4-3-16-13-24-21(18(16)12-17)15-5-6-22-19(11-15)26-10-9-25-8-7-23-20(25)14-26;2*1-3-25-16-5-4-15-12-22-20(18(15)11-16)14-6-8-21-19(10-14)23-9-7-17(13-23)24-2;1-2-25-15-4-3-14-11-23-18(16(14)10-15)13-5-7-22-17(9-13)24-8-6-19(20,21)12-24/h3-10,12,14-15H,2,11,13,16,18H2,1H3;3-8,11-12H,2,9-10,13-14H2,1H3;2*4-6,8,10-11,17H,3,7,9,12-13H2,1-2H3;3-5,7,9-10H,2,6,8,11-12H2,1H3/t;;2*17-;/m..10./s1. The van der Waals surface area contributed by atoms with Crippen molar-refractivity contribution in [2.75, 3.05) is 131 Å². The van der Waals surface area contributed by atoms with Crippen molar-refractivity contribution in [3.63, 3.8) is 0 Å². The summed E-state index contributed by atoms with van der Waals surface area (Å²) in [5.41, 5.74) is 22.5. The lowest BCUT2D eigenvalue weighted by molar-refractivity contribution is 0.0256. The maximum Gasteiger partial charge on any atom is 0.266 e. The van der Waals surface area contributed by atoms with Crippen LogP contribution in [0.1, 0.15) is 155 Å². The molecule has 133 heavy (non-hydrogen) atoms. The second-order valence-corrected chi connectivity index (χ2v) is 34.0. The molecule has 6 aromatic carbocycles. The first-order valence-electron chi connectivity index (χ1n) is 46.2. The lowest BCUT2D eigenvalue weighted by Gasteiger charge is -2.28. The number of fused-ring (bicyclic) bond motifs is 6. The smallest absolute Gasteiger partial charge is 0.266 e. The number of aliphatic imine (C=N–C) groups is 5. The highest BCUT2D eigenvalue weighted by Crippen LogP contribution is 2.40. The van der Waals surface area contributed by atoms with Crippen LogP contribution in [0.5, 0.6) is 28.7 Å². The molecule has 25 nitrogen and oxygen atoms in total. The number of pyridine rings is 5. The molecule has 6 aromatic heterocycles. The van der Waals surface area contributed by atoms with Gasteiger partial charge < -0.3 is 62.2 Å². The molecule has 0 amide bonds. The number of benzene rings is 6. The van der Waals surface area contributed by atoms with Gasteiger partial charge in [0.1, 0.15) is 69.1 Å². The van der Waals surface area contributed by atoms with Crippen molar-refractivity contribution < 1.29 is 41.9 Å². The third-order valence-electron chi connectivity index (χ3n) is 25.7. The van der Waals surface area contributed by atoms with Crippen LogP contribution in [0.3, 0.4) is 0 Å². The van der Waals surface area contributed by atoms with Gasteiger partial charge in [0.25, 0.3) is 5.92 Å². The van der Waals surface area contributed by atoms with E-state index in [1.165, 1.54) is 33.4 Å². The number of hydrogen-bond donors (Lipinski definition) is 0. The van der Waals surface area contributed by atoms with Gasteiger partial charge in [0.2, 0.25) is 0 Å². The molecular formula is C106H110F2N18O7. The minimum absolute atomic E-state index is 0.125. The predicted molar refractivity (Wildman–Crippen MR) is 517 cm³/mol. The second-order valence-electron chi connectivity index (χ2n) is 34.0. The van der Waals surface area contributed by atoms with Crippen molar-refractivity contribution in [3.05, 3.63) is 320 Å². The predicted octanol–water partition coefficient (Wildman–Crippen LogP) is 17.3. The van der Waals surface area contributed by atoms with Gasteiger partial charge in [-0.2, -0.15) is 5.26 Å². The Morgan fingerprint density at radius 2 is 0.699 bits per heavy atom. The van der Waals surface area contributed by atoms with Crippen molar-refractivity contribution in [1.82, 2.24) is 34.5 Å². The number of hydrogen-bond acceptors (Lipinski definition) is 24. The number of nitriles is 1. The summed E-state index contributed by atoms with van der Waals surface area (Å²) >= 11 is 0. The van der Waals surface area contributed by atoms with Gasteiger partial charge >= 0.3 is 0 Å². The van der Waals surface area contributed by atoms with Gasteiger partial charge in [0.05, 0.1) is 126 Å². The summed E-state index contributed by atoms with van der Waals surface area (Å²) < 4.78 is 68.4. The van der Waals surface area contributed by atoms with Crippen LogP contribution >= 0.6 is 0 Å². The van der Waals surface area contributed by atoms with E-state index in [1.807, 2.05) is 169 Å². The molecule has 680 valence electrons. The van der Waals surface area contributed by atoms with E-state index in [1.54, 1.807) is 25.3 Å². The topological polar surface area (TPSA) is 249 Å². The number of alkyl halides is 2. The van der Waals surface area contributed by atoms with Crippen molar-refractivity contribution in [3.8, 4) is 34.8 Å². The number of nitrogens with zero attached hydrogens (tertiary/aromatic N) is 18. The number of anilines is 5. The third kappa shape index (κ3) is 20.1. The van der Waals surface area contributed by atoms with E-state index in [-0.39, 0.29) is 13.0 Å². The molecule has 0 radical (unpaired) electrons. The van der Waals surface area contributed by atoms with E-state index in [9.17, 15) is 14.0 Å². The van der Waals surface area contributed by atoms with Crippen molar-refractivity contribution in [2.45, 2.75) is 130 Å².